The lowest BCUT2D eigenvalue weighted by molar-refractivity contribution is -0.121. The molecule has 22 heavy (non-hydrogen) atoms. The van der Waals surface area contributed by atoms with Crippen LogP contribution >= 0.6 is 0 Å². The molecule has 0 spiro atoms. The number of anilines is 1. The second-order valence-electron chi connectivity index (χ2n) is 5.06. The molecular formula is C14H20F2N2O3S. The maximum atomic E-state index is 13.8. The molecule has 1 N–H and O–H groups in total. The van der Waals surface area contributed by atoms with Crippen molar-refractivity contribution in [3.05, 3.63) is 29.8 Å². The van der Waals surface area contributed by atoms with Crippen molar-refractivity contribution in [3.8, 4) is 0 Å². The van der Waals surface area contributed by atoms with Crippen molar-refractivity contribution in [3.63, 3.8) is 0 Å². The van der Waals surface area contributed by atoms with Crippen molar-refractivity contribution in [2.24, 2.45) is 0 Å². The van der Waals surface area contributed by atoms with Crippen molar-refractivity contribution < 1.29 is 22.0 Å². The van der Waals surface area contributed by atoms with Gasteiger partial charge in [-0.2, -0.15) is 0 Å². The first kappa shape index (κ1) is 18.3. The average molecular weight is 334 g/mol. The highest BCUT2D eigenvalue weighted by atomic mass is 32.2. The van der Waals surface area contributed by atoms with Crippen molar-refractivity contribution in [1.82, 2.24) is 5.32 Å². The van der Waals surface area contributed by atoms with Gasteiger partial charge in [-0.05, 0) is 25.5 Å². The molecular weight excluding hydrogens is 314 g/mol. The van der Waals surface area contributed by atoms with E-state index in [0.717, 1.165) is 29.1 Å². The lowest BCUT2D eigenvalue weighted by atomic mass is 10.2. The number of nitrogens with one attached hydrogen (secondary N) is 1. The maximum absolute atomic E-state index is 13.8. The topological polar surface area (TPSA) is 66.5 Å². The van der Waals surface area contributed by atoms with Crippen LogP contribution in [0.1, 0.15) is 26.7 Å². The summed E-state index contributed by atoms with van der Waals surface area (Å²) in [5, 5.41) is 2.70. The number of rotatable bonds is 7. The minimum atomic E-state index is -3.79. The monoisotopic (exact) mass is 334 g/mol. The van der Waals surface area contributed by atoms with Gasteiger partial charge < -0.3 is 5.32 Å². The molecule has 8 heteroatoms. The van der Waals surface area contributed by atoms with E-state index in [2.05, 4.69) is 5.32 Å². The number of carbonyl (C=O) groups excluding carboxylic acids is 1. The summed E-state index contributed by atoms with van der Waals surface area (Å²) >= 11 is 0. The predicted molar refractivity (Wildman–Crippen MR) is 81.1 cm³/mol. The second kappa shape index (κ2) is 7.53. The highest BCUT2D eigenvalue weighted by molar-refractivity contribution is 7.92. The summed E-state index contributed by atoms with van der Waals surface area (Å²) in [6.45, 7) is 3.51. The molecule has 0 heterocycles. The number of sulfonamides is 1. The van der Waals surface area contributed by atoms with Gasteiger partial charge in [-0.25, -0.2) is 17.2 Å². The van der Waals surface area contributed by atoms with E-state index in [1.54, 1.807) is 0 Å². The van der Waals surface area contributed by atoms with Gasteiger partial charge >= 0.3 is 0 Å². The molecule has 0 saturated heterocycles. The minimum absolute atomic E-state index is 0.0262. The summed E-state index contributed by atoms with van der Waals surface area (Å²) < 4.78 is 51.1. The van der Waals surface area contributed by atoms with Crippen molar-refractivity contribution >= 4 is 21.6 Å². The van der Waals surface area contributed by atoms with Gasteiger partial charge in [0.2, 0.25) is 15.9 Å². The molecule has 1 aromatic carbocycles. The molecule has 0 aliphatic heterocycles. The lowest BCUT2D eigenvalue weighted by Crippen LogP contribution is -2.37. The molecule has 1 amide bonds. The van der Waals surface area contributed by atoms with Crippen LogP contribution in [0.5, 0.6) is 0 Å². The zero-order valence-electron chi connectivity index (χ0n) is 12.8. The number of hydrogen-bond donors (Lipinski definition) is 1. The molecule has 1 rings (SSSR count). The molecule has 0 radical (unpaired) electrons. The summed E-state index contributed by atoms with van der Waals surface area (Å²) in [7, 11) is -3.79. The molecule has 1 aromatic rings. The van der Waals surface area contributed by atoms with E-state index in [9.17, 15) is 22.0 Å². The summed E-state index contributed by atoms with van der Waals surface area (Å²) in [5.41, 5.74) is -0.278. The molecule has 0 fully saturated rings. The Kier molecular flexibility index (Phi) is 6.28. The van der Waals surface area contributed by atoms with Crippen LogP contribution in [0, 0.1) is 11.6 Å². The number of amides is 1. The number of halogens is 2. The minimum Gasteiger partial charge on any atom is -0.354 e. The molecule has 1 atom stereocenters. The Bertz CT molecular complexity index is 635. The Morgan fingerprint density at radius 2 is 2.00 bits per heavy atom. The molecule has 5 nitrogen and oxygen atoms in total. The Balaban J connectivity index is 2.90. The molecule has 0 bridgehead atoms. The highest BCUT2D eigenvalue weighted by Gasteiger charge is 2.22. The quantitative estimate of drug-likeness (QED) is 0.830. The van der Waals surface area contributed by atoms with Crippen LogP contribution in [0.2, 0.25) is 0 Å². The molecule has 0 saturated carbocycles. The van der Waals surface area contributed by atoms with E-state index < -0.39 is 21.7 Å². The van der Waals surface area contributed by atoms with Gasteiger partial charge in [0, 0.05) is 25.1 Å². The van der Waals surface area contributed by atoms with Crippen LogP contribution in [0.4, 0.5) is 14.5 Å². The number of nitrogens with zero attached hydrogens (tertiary/aromatic N) is 1. The fourth-order valence-corrected chi connectivity index (χ4v) is 2.73. The Morgan fingerprint density at radius 3 is 2.50 bits per heavy atom. The molecule has 0 aliphatic rings. The van der Waals surface area contributed by atoms with Crippen molar-refractivity contribution in [1.29, 1.82) is 0 Å². The van der Waals surface area contributed by atoms with Crippen molar-refractivity contribution in [2.45, 2.75) is 32.7 Å². The molecule has 124 valence electrons. The SMILES string of the molecule is CCC(C)NC(=O)CCN(c1ccc(F)cc1F)S(C)(=O)=O. The van der Waals surface area contributed by atoms with Gasteiger partial charge in [0.1, 0.15) is 11.6 Å². The van der Waals surface area contributed by atoms with Crippen LogP contribution < -0.4 is 9.62 Å². The van der Waals surface area contributed by atoms with Crippen LogP contribution in [-0.2, 0) is 14.8 Å². The standard InChI is InChI=1S/C14H20F2N2O3S/c1-4-10(2)17-14(19)7-8-18(22(3,20)21)13-6-5-11(15)9-12(13)16/h5-6,9-10H,4,7-8H2,1-3H3,(H,17,19). The van der Waals surface area contributed by atoms with E-state index in [0.29, 0.717) is 6.07 Å². The van der Waals surface area contributed by atoms with Crippen LogP contribution in [0.25, 0.3) is 0 Å². The maximum Gasteiger partial charge on any atom is 0.232 e. The predicted octanol–water partition coefficient (Wildman–Crippen LogP) is 2.04. The number of benzene rings is 1. The molecule has 0 aromatic heterocycles. The van der Waals surface area contributed by atoms with E-state index >= 15 is 0 Å². The molecule has 0 aliphatic carbocycles. The highest BCUT2D eigenvalue weighted by Crippen LogP contribution is 2.22. The fraction of sp³-hybridized carbons (Fsp3) is 0.500. The van der Waals surface area contributed by atoms with Crippen LogP contribution in [-0.4, -0.2) is 33.2 Å². The van der Waals surface area contributed by atoms with Gasteiger partial charge in [-0.1, -0.05) is 6.92 Å². The zero-order valence-corrected chi connectivity index (χ0v) is 13.6. The van der Waals surface area contributed by atoms with E-state index in [1.165, 1.54) is 0 Å². The van der Waals surface area contributed by atoms with Gasteiger partial charge in [0.15, 0.2) is 0 Å². The largest absolute Gasteiger partial charge is 0.354 e. The summed E-state index contributed by atoms with van der Waals surface area (Å²) in [4.78, 5) is 11.7. The van der Waals surface area contributed by atoms with Gasteiger partial charge in [0.05, 0.1) is 11.9 Å². The lowest BCUT2D eigenvalue weighted by Gasteiger charge is -2.23. The van der Waals surface area contributed by atoms with E-state index in [-0.39, 0.29) is 30.6 Å². The van der Waals surface area contributed by atoms with Gasteiger partial charge in [-0.3, -0.25) is 9.10 Å². The normalized spacial score (nSPS) is 12.8. The Hall–Kier alpha value is -1.70. The molecule has 1 unspecified atom stereocenters. The van der Waals surface area contributed by atoms with Crippen LogP contribution in [0.15, 0.2) is 18.2 Å². The first-order valence-corrected chi connectivity index (χ1v) is 8.72. The third kappa shape index (κ3) is 5.25. The number of carbonyl (C=O) groups is 1. The third-order valence-corrected chi connectivity index (χ3v) is 4.32. The summed E-state index contributed by atoms with van der Waals surface area (Å²) in [6, 6.07) is 2.59. The average Bonchev–Trinajstić information content (AvgIpc) is 2.39. The van der Waals surface area contributed by atoms with Crippen LogP contribution in [0.3, 0.4) is 0 Å². The Morgan fingerprint density at radius 1 is 1.36 bits per heavy atom. The van der Waals surface area contributed by atoms with E-state index in [4.69, 9.17) is 0 Å². The first-order chi connectivity index (χ1) is 10.1. The summed E-state index contributed by atoms with van der Waals surface area (Å²) in [6.07, 6.45) is 1.53. The van der Waals surface area contributed by atoms with Crippen molar-refractivity contribution in [2.75, 3.05) is 17.1 Å². The zero-order chi connectivity index (χ0) is 16.9. The van der Waals surface area contributed by atoms with Gasteiger partial charge in [-0.15, -0.1) is 0 Å². The first-order valence-electron chi connectivity index (χ1n) is 6.87. The third-order valence-electron chi connectivity index (χ3n) is 3.14. The smallest absolute Gasteiger partial charge is 0.232 e. The summed E-state index contributed by atoms with van der Waals surface area (Å²) in [5.74, 6) is -2.12. The number of hydrogen-bond acceptors (Lipinski definition) is 3. The fourth-order valence-electron chi connectivity index (χ4n) is 1.80. The van der Waals surface area contributed by atoms with E-state index in [1.807, 2.05) is 13.8 Å². The second-order valence-corrected chi connectivity index (χ2v) is 6.96. The Labute approximate surface area is 129 Å². The van der Waals surface area contributed by atoms with Gasteiger partial charge in [0.25, 0.3) is 0 Å².